The minimum atomic E-state index is -0.386. The Hall–Kier alpha value is -1.91. The van der Waals surface area contributed by atoms with Gasteiger partial charge in [0.1, 0.15) is 6.10 Å². The summed E-state index contributed by atoms with van der Waals surface area (Å²) >= 11 is 0. The van der Waals surface area contributed by atoms with Gasteiger partial charge in [-0.15, -0.1) is 0 Å². The van der Waals surface area contributed by atoms with E-state index in [1.54, 1.807) is 0 Å². The average molecular weight is 443 g/mol. The highest BCUT2D eigenvalue weighted by Gasteiger charge is 2.59. The Morgan fingerprint density at radius 1 is 1.22 bits per heavy atom. The van der Waals surface area contributed by atoms with Crippen LogP contribution in [0.1, 0.15) is 79.1 Å². The molecular formula is C27H38O5. The number of fused-ring (bicyclic) bond motifs is 5. The number of ether oxygens (including phenoxy) is 2. The number of esters is 2. The molecule has 0 aromatic heterocycles. The van der Waals surface area contributed by atoms with Gasteiger partial charge in [0.2, 0.25) is 0 Å². The Kier molecular flexibility index (Phi) is 6.15. The van der Waals surface area contributed by atoms with E-state index in [9.17, 15) is 14.4 Å². The lowest BCUT2D eigenvalue weighted by Gasteiger charge is -2.53. The first-order valence-electron chi connectivity index (χ1n) is 12.3. The van der Waals surface area contributed by atoms with Crippen LogP contribution < -0.4 is 0 Å². The summed E-state index contributed by atoms with van der Waals surface area (Å²) in [7, 11) is 1.43. The third-order valence-corrected chi connectivity index (χ3v) is 9.48. The number of allylic oxidation sites excluding steroid dienone is 4. The van der Waals surface area contributed by atoms with E-state index < -0.39 is 0 Å². The predicted molar refractivity (Wildman–Crippen MR) is 122 cm³/mol. The third kappa shape index (κ3) is 3.66. The molecule has 2 fully saturated rings. The van der Waals surface area contributed by atoms with Crippen LogP contribution >= 0.6 is 0 Å². The van der Waals surface area contributed by atoms with Crippen molar-refractivity contribution in [3.05, 3.63) is 23.3 Å². The fourth-order valence-electron chi connectivity index (χ4n) is 7.55. The van der Waals surface area contributed by atoms with E-state index in [2.05, 4.69) is 26.8 Å². The van der Waals surface area contributed by atoms with E-state index in [1.165, 1.54) is 25.2 Å². The molecular weight excluding hydrogens is 404 g/mol. The zero-order chi connectivity index (χ0) is 23.3. The topological polar surface area (TPSA) is 69.7 Å². The van der Waals surface area contributed by atoms with Gasteiger partial charge in [-0.2, -0.15) is 0 Å². The standard InChI is InChI=1S/C27H38O5/c1-16(6-11-25(30)31-5)21-9-10-22-20-8-7-18-14-19(32-17(2)28)12-13-26(18,3)23(20)15-24(29)27(21,22)4/h8,15-16,18-19,21-22H,6-7,9-14H2,1-5H3. The summed E-state index contributed by atoms with van der Waals surface area (Å²) in [6.07, 6.45) is 11.3. The van der Waals surface area contributed by atoms with Crippen LogP contribution in [0.4, 0.5) is 0 Å². The van der Waals surface area contributed by atoms with Gasteiger partial charge in [0, 0.05) is 18.8 Å². The summed E-state index contributed by atoms with van der Waals surface area (Å²) in [6.45, 7) is 8.17. The molecule has 0 amide bonds. The van der Waals surface area contributed by atoms with Gasteiger partial charge in [-0.05, 0) is 91.3 Å². The van der Waals surface area contributed by atoms with Gasteiger partial charge in [0.25, 0.3) is 0 Å². The smallest absolute Gasteiger partial charge is 0.305 e. The molecule has 4 aliphatic rings. The number of hydrogen-bond acceptors (Lipinski definition) is 5. The summed E-state index contributed by atoms with van der Waals surface area (Å²) in [5.74, 6) is 1.15. The average Bonchev–Trinajstić information content (AvgIpc) is 3.11. The third-order valence-electron chi connectivity index (χ3n) is 9.48. The number of hydrogen-bond donors (Lipinski definition) is 0. The molecule has 0 heterocycles. The normalized spacial score (nSPS) is 39.1. The van der Waals surface area contributed by atoms with Crippen molar-refractivity contribution in [3.8, 4) is 0 Å². The molecule has 0 saturated heterocycles. The maximum atomic E-state index is 13.7. The van der Waals surface area contributed by atoms with Gasteiger partial charge < -0.3 is 9.47 Å². The van der Waals surface area contributed by atoms with Crippen molar-refractivity contribution in [1.29, 1.82) is 0 Å². The molecule has 7 atom stereocenters. The van der Waals surface area contributed by atoms with Gasteiger partial charge in [-0.25, -0.2) is 0 Å². The molecule has 0 spiro atoms. The lowest BCUT2D eigenvalue weighted by molar-refractivity contribution is -0.150. The second-order valence-corrected chi connectivity index (χ2v) is 11.0. The van der Waals surface area contributed by atoms with E-state index in [4.69, 9.17) is 9.47 Å². The summed E-state index contributed by atoms with van der Waals surface area (Å²) in [4.78, 5) is 36.8. The number of carbonyl (C=O) groups excluding carboxylic acids is 3. The van der Waals surface area contributed by atoms with Crippen LogP contribution in [-0.2, 0) is 23.9 Å². The van der Waals surface area contributed by atoms with E-state index >= 15 is 0 Å². The molecule has 4 aliphatic carbocycles. The molecule has 5 nitrogen and oxygen atoms in total. The fourth-order valence-corrected chi connectivity index (χ4v) is 7.55. The van der Waals surface area contributed by atoms with Crippen LogP contribution in [0.15, 0.2) is 23.3 Å². The Labute approximate surface area is 192 Å². The Morgan fingerprint density at radius 3 is 2.66 bits per heavy atom. The van der Waals surface area contributed by atoms with Crippen molar-refractivity contribution < 1.29 is 23.9 Å². The maximum Gasteiger partial charge on any atom is 0.305 e. The highest BCUT2D eigenvalue weighted by molar-refractivity contribution is 5.99. The molecule has 176 valence electrons. The van der Waals surface area contributed by atoms with E-state index in [1.807, 2.05) is 6.08 Å². The quantitative estimate of drug-likeness (QED) is 0.548. The summed E-state index contributed by atoms with van der Waals surface area (Å²) < 4.78 is 10.4. The van der Waals surface area contributed by atoms with Gasteiger partial charge >= 0.3 is 11.9 Å². The van der Waals surface area contributed by atoms with Crippen molar-refractivity contribution >= 4 is 17.7 Å². The molecule has 0 radical (unpaired) electrons. The van der Waals surface area contributed by atoms with Crippen LogP contribution in [0.5, 0.6) is 0 Å². The molecule has 4 rings (SSSR count). The van der Waals surface area contributed by atoms with Gasteiger partial charge in [0.15, 0.2) is 5.78 Å². The van der Waals surface area contributed by atoms with Gasteiger partial charge in [-0.1, -0.05) is 26.8 Å². The number of carbonyl (C=O) groups is 3. The van der Waals surface area contributed by atoms with E-state index in [0.29, 0.717) is 18.3 Å². The number of methoxy groups -OCH3 is 1. The SMILES string of the molecule is COC(=O)CCC(C)C1CCC2C3=CCC4CC(OC(C)=O)CCC4(C)C3=CC(=O)C21C. The summed E-state index contributed by atoms with van der Waals surface area (Å²) in [5.41, 5.74) is 2.25. The van der Waals surface area contributed by atoms with Crippen LogP contribution in [0.25, 0.3) is 0 Å². The first-order valence-corrected chi connectivity index (χ1v) is 12.3. The minimum Gasteiger partial charge on any atom is -0.469 e. The Bertz CT molecular complexity index is 869. The predicted octanol–water partition coefficient (Wildman–Crippen LogP) is 5.19. The zero-order valence-electron chi connectivity index (χ0n) is 20.2. The van der Waals surface area contributed by atoms with Crippen molar-refractivity contribution in [3.63, 3.8) is 0 Å². The Balaban J connectivity index is 1.58. The Morgan fingerprint density at radius 2 is 1.97 bits per heavy atom. The van der Waals surface area contributed by atoms with Crippen LogP contribution in [0.3, 0.4) is 0 Å². The lowest BCUT2D eigenvalue weighted by Crippen LogP contribution is -2.48. The largest absolute Gasteiger partial charge is 0.469 e. The highest BCUT2D eigenvalue weighted by Crippen LogP contribution is 2.64. The van der Waals surface area contributed by atoms with Crippen molar-refractivity contribution in [2.45, 2.75) is 85.2 Å². The second kappa shape index (κ2) is 8.46. The van der Waals surface area contributed by atoms with Gasteiger partial charge in [-0.3, -0.25) is 14.4 Å². The molecule has 0 N–H and O–H groups in total. The van der Waals surface area contributed by atoms with Crippen LogP contribution in [-0.4, -0.2) is 30.9 Å². The van der Waals surface area contributed by atoms with Crippen molar-refractivity contribution in [1.82, 2.24) is 0 Å². The molecule has 0 aromatic carbocycles. The second-order valence-electron chi connectivity index (χ2n) is 11.0. The molecule has 2 saturated carbocycles. The number of ketones is 1. The van der Waals surface area contributed by atoms with Crippen LogP contribution in [0, 0.1) is 34.5 Å². The molecule has 7 unspecified atom stereocenters. The van der Waals surface area contributed by atoms with E-state index in [-0.39, 0.29) is 46.5 Å². The first-order chi connectivity index (χ1) is 15.1. The first kappa shape index (κ1) is 23.3. The molecule has 0 aromatic rings. The summed E-state index contributed by atoms with van der Waals surface area (Å²) in [6, 6.07) is 0. The fraction of sp³-hybridized carbons (Fsp3) is 0.741. The minimum absolute atomic E-state index is 0.00259. The number of rotatable bonds is 5. The van der Waals surface area contributed by atoms with Gasteiger partial charge in [0.05, 0.1) is 7.11 Å². The zero-order valence-corrected chi connectivity index (χ0v) is 20.2. The molecule has 0 aliphatic heterocycles. The lowest BCUT2D eigenvalue weighted by atomic mass is 9.51. The highest BCUT2D eigenvalue weighted by atomic mass is 16.5. The van der Waals surface area contributed by atoms with Crippen LogP contribution in [0.2, 0.25) is 0 Å². The monoisotopic (exact) mass is 442 g/mol. The molecule has 0 bridgehead atoms. The van der Waals surface area contributed by atoms with Crippen molar-refractivity contribution in [2.75, 3.05) is 7.11 Å². The van der Waals surface area contributed by atoms with Crippen molar-refractivity contribution in [2.24, 2.45) is 34.5 Å². The van der Waals surface area contributed by atoms with E-state index in [0.717, 1.165) is 44.9 Å². The molecule has 32 heavy (non-hydrogen) atoms. The summed E-state index contributed by atoms with van der Waals surface area (Å²) in [5, 5.41) is 0. The maximum absolute atomic E-state index is 13.7. The molecule has 5 heteroatoms.